The van der Waals surface area contributed by atoms with E-state index in [4.69, 9.17) is 11.6 Å². The lowest BCUT2D eigenvalue weighted by atomic mass is 10.2. The van der Waals surface area contributed by atoms with Crippen molar-refractivity contribution in [3.63, 3.8) is 0 Å². The Bertz CT molecular complexity index is 881. The number of halogens is 1. The summed E-state index contributed by atoms with van der Waals surface area (Å²) in [6, 6.07) is 14.3. The Morgan fingerprint density at radius 3 is 2.45 bits per heavy atom. The molecule has 3 rings (SSSR count). The molecule has 0 bridgehead atoms. The van der Waals surface area contributed by atoms with Crippen LogP contribution in [-0.4, -0.2) is 4.57 Å². The number of benzene rings is 2. The lowest BCUT2D eigenvalue weighted by Crippen LogP contribution is -2.31. The molecule has 0 atom stereocenters. The van der Waals surface area contributed by atoms with Crippen LogP contribution in [0.2, 0.25) is 5.02 Å². The van der Waals surface area contributed by atoms with Crippen LogP contribution in [0.1, 0.15) is 5.56 Å². The van der Waals surface area contributed by atoms with Crippen molar-refractivity contribution in [1.29, 1.82) is 0 Å². The van der Waals surface area contributed by atoms with Crippen molar-refractivity contribution in [2.45, 2.75) is 6.54 Å². The molecule has 20 heavy (non-hydrogen) atoms. The molecule has 0 radical (unpaired) electrons. The first kappa shape index (κ1) is 13.1. The van der Waals surface area contributed by atoms with Crippen LogP contribution < -0.4 is 10.4 Å². The molecule has 3 aromatic rings. The first-order chi connectivity index (χ1) is 9.65. The molecule has 0 amide bonds. The summed E-state index contributed by atoms with van der Waals surface area (Å²) < 4.78 is 1.98. The third kappa shape index (κ3) is 2.40. The molecular formula is C15H10ClNO2S. The van der Waals surface area contributed by atoms with Crippen molar-refractivity contribution in [1.82, 2.24) is 4.57 Å². The van der Waals surface area contributed by atoms with E-state index in [1.807, 2.05) is 18.2 Å². The Balaban J connectivity index is 2.14. The lowest BCUT2D eigenvalue weighted by molar-refractivity contribution is 0.752. The number of nitrogens with zero attached hydrogens (tertiary/aromatic N) is 1. The van der Waals surface area contributed by atoms with Crippen LogP contribution in [-0.2, 0) is 6.54 Å². The molecular weight excluding hydrogens is 294 g/mol. The first-order valence-corrected chi connectivity index (χ1v) is 7.22. The molecule has 0 spiro atoms. The third-order valence-corrected chi connectivity index (χ3v) is 4.26. The van der Waals surface area contributed by atoms with Gasteiger partial charge in [0, 0.05) is 9.72 Å². The highest BCUT2D eigenvalue weighted by atomic mass is 35.5. The Hall–Kier alpha value is -1.91. The summed E-state index contributed by atoms with van der Waals surface area (Å²) in [5, 5.41) is 1.20. The average Bonchev–Trinajstić information content (AvgIpc) is 2.45. The van der Waals surface area contributed by atoms with Gasteiger partial charge in [0.2, 0.25) is 0 Å². The molecule has 100 valence electrons. The maximum atomic E-state index is 12.4. The zero-order valence-corrected chi connectivity index (χ0v) is 11.9. The van der Waals surface area contributed by atoms with Gasteiger partial charge in [-0.2, -0.15) is 0 Å². The monoisotopic (exact) mass is 303 g/mol. The molecule has 1 aromatic heterocycles. The van der Waals surface area contributed by atoms with Gasteiger partial charge in [0.05, 0.1) is 11.9 Å². The van der Waals surface area contributed by atoms with Crippen molar-refractivity contribution in [3.05, 3.63) is 79.1 Å². The van der Waals surface area contributed by atoms with E-state index in [2.05, 4.69) is 0 Å². The SMILES string of the molecule is O=c1sc2ccccc2c(=O)n1Cc1ccc(Cl)cc1. The summed E-state index contributed by atoms with van der Waals surface area (Å²) in [5.41, 5.74) is 0.621. The zero-order valence-electron chi connectivity index (χ0n) is 10.4. The minimum Gasteiger partial charge on any atom is -0.269 e. The predicted molar refractivity (Wildman–Crippen MR) is 82.9 cm³/mol. The maximum absolute atomic E-state index is 12.4. The van der Waals surface area contributed by atoms with Crippen molar-refractivity contribution in [3.8, 4) is 0 Å². The summed E-state index contributed by atoms with van der Waals surface area (Å²) in [6.45, 7) is 0.260. The summed E-state index contributed by atoms with van der Waals surface area (Å²) in [4.78, 5) is 24.2. The first-order valence-electron chi connectivity index (χ1n) is 6.02. The van der Waals surface area contributed by atoms with Crippen LogP contribution in [0.15, 0.2) is 58.1 Å². The van der Waals surface area contributed by atoms with Gasteiger partial charge in [-0.15, -0.1) is 0 Å². The van der Waals surface area contributed by atoms with E-state index in [0.29, 0.717) is 10.4 Å². The summed E-state index contributed by atoms with van der Waals surface area (Å²) in [7, 11) is 0. The smallest absolute Gasteiger partial charge is 0.269 e. The van der Waals surface area contributed by atoms with Crippen molar-refractivity contribution in [2.75, 3.05) is 0 Å². The van der Waals surface area contributed by atoms with E-state index < -0.39 is 0 Å². The second-order valence-electron chi connectivity index (χ2n) is 4.38. The minimum absolute atomic E-state index is 0.247. The molecule has 0 fully saturated rings. The molecule has 0 N–H and O–H groups in total. The van der Waals surface area contributed by atoms with Gasteiger partial charge in [-0.1, -0.05) is 47.2 Å². The fourth-order valence-electron chi connectivity index (χ4n) is 2.02. The largest absolute Gasteiger partial charge is 0.310 e. The van der Waals surface area contributed by atoms with Gasteiger partial charge in [-0.05, 0) is 29.8 Å². The van der Waals surface area contributed by atoms with E-state index >= 15 is 0 Å². The number of fused-ring (bicyclic) bond motifs is 1. The van der Waals surface area contributed by atoms with Gasteiger partial charge in [0.25, 0.3) is 5.56 Å². The minimum atomic E-state index is -0.251. The maximum Gasteiger partial charge on any atom is 0.310 e. The second-order valence-corrected chi connectivity index (χ2v) is 5.81. The fourth-order valence-corrected chi connectivity index (χ4v) is 3.00. The highest BCUT2D eigenvalue weighted by Gasteiger charge is 2.08. The molecule has 0 unspecified atom stereocenters. The Morgan fingerprint density at radius 2 is 1.70 bits per heavy atom. The van der Waals surface area contributed by atoms with Crippen LogP contribution >= 0.6 is 22.9 Å². The molecule has 0 aliphatic carbocycles. The van der Waals surface area contributed by atoms with Gasteiger partial charge < -0.3 is 0 Å². The Kier molecular flexibility index (Phi) is 3.42. The van der Waals surface area contributed by atoms with Gasteiger partial charge in [-0.25, -0.2) is 0 Å². The number of hydrogen-bond acceptors (Lipinski definition) is 3. The van der Waals surface area contributed by atoms with E-state index in [-0.39, 0.29) is 17.0 Å². The van der Waals surface area contributed by atoms with Gasteiger partial charge in [-0.3, -0.25) is 14.2 Å². The van der Waals surface area contributed by atoms with Crippen LogP contribution in [0.4, 0.5) is 0 Å². The molecule has 0 aliphatic rings. The van der Waals surface area contributed by atoms with Crippen molar-refractivity contribution in [2.24, 2.45) is 0 Å². The second kappa shape index (κ2) is 5.23. The molecule has 2 aromatic carbocycles. The van der Waals surface area contributed by atoms with Crippen molar-refractivity contribution < 1.29 is 0 Å². The van der Waals surface area contributed by atoms with Crippen LogP contribution in [0.5, 0.6) is 0 Å². The van der Waals surface area contributed by atoms with Crippen molar-refractivity contribution >= 4 is 33.0 Å². The molecule has 0 aliphatic heterocycles. The van der Waals surface area contributed by atoms with Gasteiger partial charge in [0.15, 0.2) is 0 Å². The van der Waals surface area contributed by atoms with Crippen LogP contribution in [0.3, 0.4) is 0 Å². The standard InChI is InChI=1S/C15H10ClNO2S/c16-11-7-5-10(6-8-11)9-17-14(18)12-3-1-2-4-13(12)20-15(17)19/h1-8H,9H2. The molecule has 0 saturated heterocycles. The number of hydrogen-bond donors (Lipinski definition) is 0. The van der Waals surface area contributed by atoms with Gasteiger partial charge in [0.1, 0.15) is 0 Å². The topological polar surface area (TPSA) is 39.1 Å². The molecule has 5 heteroatoms. The van der Waals surface area contributed by atoms with Gasteiger partial charge >= 0.3 is 4.87 Å². The predicted octanol–water partition coefficient (Wildman–Crippen LogP) is 3.12. The summed E-state index contributed by atoms with van der Waals surface area (Å²) in [6.07, 6.45) is 0. The molecule has 1 heterocycles. The van der Waals surface area contributed by atoms with E-state index in [1.165, 1.54) is 4.57 Å². The normalized spacial score (nSPS) is 10.8. The molecule has 0 saturated carbocycles. The van der Waals surface area contributed by atoms with E-state index in [1.54, 1.807) is 30.3 Å². The lowest BCUT2D eigenvalue weighted by Gasteiger charge is -2.05. The Labute approximate surface area is 123 Å². The third-order valence-electron chi connectivity index (χ3n) is 3.03. The van der Waals surface area contributed by atoms with Crippen LogP contribution in [0, 0.1) is 0 Å². The number of aromatic nitrogens is 1. The van der Waals surface area contributed by atoms with Crippen LogP contribution in [0.25, 0.3) is 10.1 Å². The van der Waals surface area contributed by atoms with E-state index in [9.17, 15) is 9.59 Å². The quantitative estimate of drug-likeness (QED) is 0.729. The number of rotatable bonds is 2. The fraction of sp³-hybridized carbons (Fsp3) is 0.0667. The summed E-state index contributed by atoms with van der Waals surface area (Å²) in [5.74, 6) is 0. The Morgan fingerprint density at radius 1 is 1.00 bits per heavy atom. The highest BCUT2D eigenvalue weighted by molar-refractivity contribution is 7.16. The highest BCUT2D eigenvalue weighted by Crippen LogP contribution is 2.13. The van der Waals surface area contributed by atoms with E-state index in [0.717, 1.165) is 21.6 Å². The molecule has 3 nitrogen and oxygen atoms in total. The average molecular weight is 304 g/mol. The summed E-state index contributed by atoms with van der Waals surface area (Å²) >= 11 is 6.91. The zero-order chi connectivity index (χ0) is 14.1.